The Kier molecular flexibility index (Phi) is 6.11. The lowest BCUT2D eigenvalue weighted by Crippen LogP contribution is -2.41. The first-order chi connectivity index (χ1) is 11.7. The van der Waals surface area contributed by atoms with Crippen molar-refractivity contribution in [3.63, 3.8) is 0 Å². The van der Waals surface area contributed by atoms with E-state index in [1.165, 1.54) is 0 Å². The van der Waals surface area contributed by atoms with Gasteiger partial charge in [-0.25, -0.2) is 4.79 Å². The van der Waals surface area contributed by atoms with Crippen LogP contribution in [0.3, 0.4) is 0 Å². The topological polar surface area (TPSA) is 58.6 Å². The van der Waals surface area contributed by atoms with Crippen molar-refractivity contribution in [1.29, 1.82) is 0 Å². The number of halogens is 1. The van der Waals surface area contributed by atoms with Crippen LogP contribution >= 0.6 is 11.6 Å². The number of hydrogen-bond donors (Lipinski definition) is 1. The Morgan fingerprint density at radius 1 is 1.20 bits per heavy atom. The predicted octanol–water partition coefficient (Wildman–Crippen LogP) is 3.53. The molecule has 5 nitrogen and oxygen atoms in total. The smallest absolute Gasteiger partial charge is 0.410 e. The SMILES string of the molecule is C[C@H]1CN(C(=O)OC(C)(C)C)C[C@@H]1NC(=O)C1=C/C=C\C(Cl)=C/C=C\1. The van der Waals surface area contributed by atoms with Crippen molar-refractivity contribution in [2.75, 3.05) is 13.1 Å². The molecule has 1 fully saturated rings. The highest BCUT2D eigenvalue weighted by atomic mass is 35.5. The summed E-state index contributed by atoms with van der Waals surface area (Å²) in [6.07, 6.45) is 10.0. The van der Waals surface area contributed by atoms with Crippen molar-refractivity contribution >= 4 is 23.6 Å². The zero-order valence-corrected chi connectivity index (χ0v) is 15.8. The first kappa shape index (κ1) is 19.3. The molecule has 0 radical (unpaired) electrons. The molecule has 2 amide bonds. The van der Waals surface area contributed by atoms with Gasteiger partial charge in [-0.3, -0.25) is 4.79 Å². The van der Waals surface area contributed by atoms with Gasteiger partial charge >= 0.3 is 6.09 Å². The summed E-state index contributed by atoms with van der Waals surface area (Å²) in [6.45, 7) is 8.54. The minimum atomic E-state index is -0.531. The maximum atomic E-state index is 12.5. The van der Waals surface area contributed by atoms with Gasteiger partial charge in [0.05, 0.1) is 6.04 Å². The number of carbonyl (C=O) groups excluding carboxylic acids is 2. The molecule has 0 spiro atoms. The van der Waals surface area contributed by atoms with Gasteiger partial charge in [0.1, 0.15) is 5.60 Å². The van der Waals surface area contributed by atoms with E-state index in [0.29, 0.717) is 23.7 Å². The maximum absolute atomic E-state index is 12.5. The Morgan fingerprint density at radius 3 is 2.56 bits per heavy atom. The lowest BCUT2D eigenvalue weighted by atomic mass is 10.1. The first-order valence-electron chi connectivity index (χ1n) is 8.37. The van der Waals surface area contributed by atoms with E-state index in [9.17, 15) is 9.59 Å². The van der Waals surface area contributed by atoms with Gasteiger partial charge in [-0.2, -0.15) is 0 Å². The van der Waals surface area contributed by atoms with Crippen LogP contribution in [0, 0.1) is 5.92 Å². The highest BCUT2D eigenvalue weighted by Crippen LogP contribution is 2.20. The summed E-state index contributed by atoms with van der Waals surface area (Å²) in [5.74, 6) is -0.0188. The second-order valence-corrected chi connectivity index (χ2v) is 7.77. The van der Waals surface area contributed by atoms with Crippen molar-refractivity contribution in [2.45, 2.75) is 39.3 Å². The fraction of sp³-hybridized carbons (Fsp3) is 0.474. The molecule has 0 aromatic heterocycles. The minimum Gasteiger partial charge on any atom is -0.444 e. The molecular weight excluding hydrogens is 340 g/mol. The number of likely N-dealkylation sites (tertiary alicyclic amines) is 1. The zero-order valence-electron chi connectivity index (χ0n) is 15.1. The molecular formula is C19H25ClN2O3. The Labute approximate surface area is 154 Å². The summed E-state index contributed by atoms with van der Waals surface area (Å²) in [5.41, 5.74) is 0.0108. The molecule has 6 heteroatoms. The van der Waals surface area contributed by atoms with Crippen LogP contribution in [0.4, 0.5) is 4.79 Å². The molecule has 25 heavy (non-hydrogen) atoms. The molecule has 136 valence electrons. The van der Waals surface area contributed by atoms with E-state index in [1.807, 2.05) is 27.7 Å². The van der Waals surface area contributed by atoms with Crippen LogP contribution < -0.4 is 5.32 Å². The zero-order chi connectivity index (χ0) is 18.6. The average Bonchev–Trinajstić information content (AvgIpc) is 2.82. The third kappa shape index (κ3) is 5.78. The molecule has 0 aromatic rings. The average molecular weight is 365 g/mol. The number of nitrogens with zero attached hydrogens (tertiary/aromatic N) is 1. The van der Waals surface area contributed by atoms with Gasteiger partial charge in [0.15, 0.2) is 0 Å². The van der Waals surface area contributed by atoms with Crippen molar-refractivity contribution in [3.8, 4) is 0 Å². The van der Waals surface area contributed by atoms with Crippen LogP contribution in [-0.2, 0) is 9.53 Å². The van der Waals surface area contributed by atoms with Gasteiger partial charge in [-0.1, -0.05) is 30.7 Å². The standard InChI is InChI=1S/C19H25ClN2O3/c1-13-11-22(18(24)25-19(2,3)4)12-16(13)21-17(23)14-7-5-9-15(20)10-6-8-14/h5-10,13,16H,11-12H2,1-4H3,(H,21,23)/b7-5-,8-6?,9-5?,10-6-,14-7?,14-8+,15-9+,15-10?/t13-,16-/m0/s1. The summed E-state index contributed by atoms with van der Waals surface area (Å²) in [7, 11) is 0. The van der Waals surface area contributed by atoms with Crippen LogP contribution in [0.5, 0.6) is 0 Å². The highest BCUT2D eigenvalue weighted by molar-refractivity contribution is 6.31. The van der Waals surface area contributed by atoms with Crippen molar-refractivity contribution in [3.05, 3.63) is 47.1 Å². The van der Waals surface area contributed by atoms with Crippen LogP contribution in [0.1, 0.15) is 27.7 Å². The van der Waals surface area contributed by atoms with Gasteiger partial charge < -0.3 is 15.0 Å². The van der Waals surface area contributed by atoms with Crippen LogP contribution in [0.15, 0.2) is 47.1 Å². The number of carbonyl (C=O) groups is 2. The number of amides is 2. The lowest BCUT2D eigenvalue weighted by Gasteiger charge is -2.24. The Hall–Kier alpha value is -2.01. The molecule has 0 saturated carbocycles. The second kappa shape index (κ2) is 7.91. The summed E-state index contributed by atoms with van der Waals surface area (Å²) in [5, 5.41) is 3.61. The van der Waals surface area contributed by atoms with E-state index >= 15 is 0 Å². The van der Waals surface area contributed by atoms with Gasteiger partial charge in [-0.05, 0) is 51.0 Å². The molecule has 1 aliphatic carbocycles. The molecule has 2 rings (SSSR count). The second-order valence-electron chi connectivity index (χ2n) is 7.33. The molecule has 2 aliphatic rings. The molecule has 0 aromatic carbocycles. The molecule has 1 aliphatic heterocycles. The Bertz CT molecular complexity index is 656. The minimum absolute atomic E-state index is 0.108. The first-order valence-corrected chi connectivity index (χ1v) is 8.74. The Balaban J connectivity index is 1.96. The van der Waals surface area contributed by atoms with Crippen molar-refractivity contribution in [2.24, 2.45) is 5.92 Å². The van der Waals surface area contributed by atoms with Crippen LogP contribution in [0.2, 0.25) is 0 Å². The quantitative estimate of drug-likeness (QED) is 0.815. The highest BCUT2D eigenvalue weighted by Gasteiger charge is 2.35. The summed E-state index contributed by atoms with van der Waals surface area (Å²) >= 11 is 5.91. The van der Waals surface area contributed by atoms with E-state index in [4.69, 9.17) is 16.3 Å². The summed E-state index contributed by atoms with van der Waals surface area (Å²) < 4.78 is 5.40. The van der Waals surface area contributed by atoms with Gasteiger partial charge in [0, 0.05) is 23.7 Å². The maximum Gasteiger partial charge on any atom is 0.410 e. The number of nitrogens with one attached hydrogen (secondary N) is 1. The van der Waals surface area contributed by atoms with Crippen molar-refractivity contribution in [1.82, 2.24) is 10.2 Å². The summed E-state index contributed by atoms with van der Waals surface area (Å²) in [6, 6.07) is -0.108. The molecule has 1 heterocycles. The Morgan fingerprint density at radius 2 is 1.88 bits per heavy atom. The van der Waals surface area contributed by atoms with E-state index in [1.54, 1.807) is 41.4 Å². The predicted molar refractivity (Wildman–Crippen MR) is 99.2 cm³/mol. The number of hydrogen-bond acceptors (Lipinski definition) is 3. The molecule has 2 atom stereocenters. The van der Waals surface area contributed by atoms with Gasteiger partial charge in [-0.15, -0.1) is 0 Å². The van der Waals surface area contributed by atoms with E-state index in [0.717, 1.165) is 0 Å². The van der Waals surface area contributed by atoms with E-state index in [-0.39, 0.29) is 24.0 Å². The molecule has 0 unspecified atom stereocenters. The lowest BCUT2D eigenvalue weighted by molar-refractivity contribution is -0.118. The van der Waals surface area contributed by atoms with Gasteiger partial charge in [0.25, 0.3) is 5.91 Å². The van der Waals surface area contributed by atoms with Crippen molar-refractivity contribution < 1.29 is 14.3 Å². The third-order valence-electron chi connectivity index (χ3n) is 3.91. The normalized spacial score (nSPS) is 30.2. The number of ether oxygens (including phenoxy) is 1. The summed E-state index contributed by atoms with van der Waals surface area (Å²) in [4.78, 5) is 26.3. The third-order valence-corrected chi connectivity index (χ3v) is 4.16. The molecule has 1 N–H and O–H groups in total. The van der Waals surface area contributed by atoms with Crippen LogP contribution in [0.25, 0.3) is 0 Å². The fourth-order valence-electron chi connectivity index (χ4n) is 2.63. The van der Waals surface area contributed by atoms with Gasteiger partial charge in [0.2, 0.25) is 0 Å². The van der Waals surface area contributed by atoms with Crippen LogP contribution in [-0.4, -0.2) is 41.6 Å². The monoisotopic (exact) mass is 364 g/mol. The fourth-order valence-corrected chi connectivity index (χ4v) is 2.78. The number of rotatable bonds is 2. The largest absolute Gasteiger partial charge is 0.444 e. The number of allylic oxidation sites excluding steroid dienone is 6. The van der Waals surface area contributed by atoms with E-state index in [2.05, 4.69) is 5.32 Å². The molecule has 1 saturated heterocycles. The molecule has 0 bridgehead atoms. The van der Waals surface area contributed by atoms with E-state index < -0.39 is 5.60 Å².